The van der Waals surface area contributed by atoms with Crippen molar-refractivity contribution in [3.8, 4) is 0 Å². The van der Waals surface area contributed by atoms with Crippen LogP contribution in [0, 0.1) is 0 Å². The van der Waals surface area contributed by atoms with Crippen LogP contribution in [0.5, 0.6) is 0 Å². The molecule has 0 bridgehead atoms. The number of aryl methyl sites for hydroxylation is 1. The molecular weight excluding hydrogens is 436 g/mol. The Kier molecular flexibility index (Phi) is 5.68. The molecule has 1 aliphatic heterocycles. The maximum atomic E-state index is 13.1. The summed E-state index contributed by atoms with van der Waals surface area (Å²) < 4.78 is 28.1. The molecule has 1 aromatic carbocycles. The second kappa shape index (κ2) is 8.78. The van der Waals surface area contributed by atoms with Crippen LogP contribution >= 0.6 is 0 Å². The van der Waals surface area contributed by atoms with E-state index in [1.807, 2.05) is 16.7 Å². The summed E-state index contributed by atoms with van der Waals surface area (Å²) in [6.45, 7) is 1.85. The highest BCUT2D eigenvalue weighted by Gasteiger charge is 2.21. The lowest BCUT2D eigenvalue weighted by molar-refractivity contribution is 0.0982. The predicted molar refractivity (Wildman–Crippen MR) is 125 cm³/mol. The number of anilines is 1. The number of sulfone groups is 1. The molecule has 0 amide bonds. The van der Waals surface area contributed by atoms with Crippen LogP contribution in [-0.2, 0) is 16.3 Å². The Morgan fingerprint density at radius 3 is 2.55 bits per heavy atom. The van der Waals surface area contributed by atoms with E-state index >= 15 is 0 Å². The van der Waals surface area contributed by atoms with E-state index < -0.39 is 9.84 Å². The maximum Gasteiger partial charge on any atom is 0.208 e. The Labute approximate surface area is 192 Å². The summed E-state index contributed by atoms with van der Waals surface area (Å²) >= 11 is 0. The van der Waals surface area contributed by atoms with Crippen molar-refractivity contribution in [1.82, 2.24) is 14.4 Å². The summed E-state index contributed by atoms with van der Waals surface area (Å²) in [5.41, 5.74) is 3.18. The zero-order valence-corrected chi connectivity index (χ0v) is 18.9. The van der Waals surface area contributed by atoms with Gasteiger partial charge in [0.15, 0.2) is 5.78 Å². The van der Waals surface area contributed by atoms with Gasteiger partial charge in [-0.1, -0.05) is 12.1 Å². The molecule has 0 unspecified atom stereocenters. The van der Waals surface area contributed by atoms with E-state index in [0.717, 1.165) is 42.8 Å². The van der Waals surface area contributed by atoms with Crippen LogP contribution in [0.15, 0.2) is 83.2 Å². The van der Waals surface area contributed by atoms with Crippen LogP contribution in [0.4, 0.5) is 5.69 Å². The number of benzene rings is 1. The number of ketones is 1. The van der Waals surface area contributed by atoms with Crippen LogP contribution in [0.2, 0.25) is 0 Å². The summed E-state index contributed by atoms with van der Waals surface area (Å²) in [6, 6.07) is 12.1. The third-order valence-corrected chi connectivity index (χ3v) is 7.80. The molecule has 0 aliphatic carbocycles. The summed E-state index contributed by atoms with van der Waals surface area (Å²) in [7, 11) is -3.66. The zero-order chi connectivity index (χ0) is 22.8. The van der Waals surface area contributed by atoms with E-state index in [1.165, 1.54) is 6.20 Å². The first-order valence-electron chi connectivity index (χ1n) is 11.0. The van der Waals surface area contributed by atoms with Crippen molar-refractivity contribution in [3.63, 3.8) is 0 Å². The Bertz CT molecular complexity index is 1410. The standard InChI is InChI=1S/C25H24N4O3S/c30-24(20-6-10-25-27-11-14-29(25)18-20)9-5-19-3-7-22(8-4-19)33(31,32)23-15-21(16-26-17-23)28-12-1-2-13-28/h3-4,6-8,10-11,14-18H,1-2,5,9,12-13H2. The molecule has 0 spiro atoms. The largest absolute Gasteiger partial charge is 0.370 e. The van der Waals surface area contributed by atoms with Crippen molar-refractivity contribution in [2.24, 2.45) is 0 Å². The predicted octanol–water partition coefficient (Wildman–Crippen LogP) is 3.98. The number of hydrogen-bond donors (Lipinski definition) is 0. The van der Waals surface area contributed by atoms with Gasteiger partial charge in [-0.15, -0.1) is 0 Å². The van der Waals surface area contributed by atoms with Crippen molar-refractivity contribution < 1.29 is 13.2 Å². The third kappa shape index (κ3) is 4.39. The van der Waals surface area contributed by atoms with Crippen molar-refractivity contribution in [1.29, 1.82) is 0 Å². The number of carbonyl (C=O) groups excluding carboxylic acids is 1. The molecule has 0 N–H and O–H groups in total. The lowest BCUT2D eigenvalue weighted by Crippen LogP contribution is -2.18. The van der Waals surface area contributed by atoms with E-state index in [2.05, 4.69) is 14.9 Å². The number of rotatable bonds is 7. The summed E-state index contributed by atoms with van der Waals surface area (Å²) in [4.78, 5) is 23.5. The minimum Gasteiger partial charge on any atom is -0.370 e. The first-order valence-corrected chi connectivity index (χ1v) is 12.5. The molecule has 4 aromatic rings. The number of carbonyl (C=O) groups is 1. The maximum absolute atomic E-state index is 13.1. The van der Waals surface area contributed by atoms with Gasteiger partial charge in [-0.05, 0) is 55.2 Å². The molecule has 8 heteroatoms. The Hall–Kier alpha value is -3.52. The molecule has 0 atom stereocenters. The summed E-state index contributed by atoms with van der Waals surface area (Å²) in [6.07, 6.45) is 11.5. The van der Waals surface area contributed by atoms with Gasteiger partial charge >= 0.3 is 0 Å². The number of pyridine rings is 2. The monoisotopic (exact) mass is 460 g/mol. The Morgan fingerprint density at radius 2 is 1.76 bits per heavy atom. The molecule has 0 radical (unpaired) electrons. The average molecular weight is 461 g/mol. The van der Waals surface area contributed by atoms with Gasteiger partial charge in [0.25, 0.3) is 0 Å². The second-order valence-corrected chi connectivity index (χ2v) is 10.2. The van der Waals surface area contributed by atoms with Crippen LogP contribution in [0.25, 0.3) is 5.65 Å². The van der Waals surface area contributed by atoms with Gasteiger partial charge in [-0.25, -0.2) is 13.4 Å². The van der Waals surface area contributed by atoms with Gasteiger partial charge in [-0.2, -0.15) is 0 Å². The van der Waals surface area contributed by atoms with E-state index in [9.17, 15) is 13.2 Å². The summed E-state index contributed by atoms with van der Waals surface area (Å²) in [5.74, 6) is 0.0344. The number of nitrogens with zero attached hydrogens (tertiary/aromatic N) is 4. The van der Waals surface area contributed by atoms with Crippen LogP contribution in [-0.4, -0.2) is 41.7 Å². The highest BCUT2D eigenvalue weighted by molar-refractivity contribution is 7.91. The first kappa shape index (κ1) is 21.3. The van der Waals surface area contributed by atoms with Crippen molar-refractivity contribution in [3.05, 3.63) is 84.6 Å². The van der Waals surface area contributed by atoms with Gasteiger partial charge in [-0.3, -0.25) is 9.78 Å². The van der Waals surface area contributed by atoms with Gasteiger partial charge < -0.3 is 9.30 Å². The highest BCUT2D eigenvalue weighted by Crippen LogP contribution is 2.26. The number of hydrogen-bond acceptors (Lipinski definition) is 6. The number of Topliss-reactive ketones (excluding diaryl/α,β-unsaturated/α-hetero) is 1. The molecule has 3 aromatic heterocycles. The van der Waals surface area contributed by atoms with E-state index in [-0.39, 0.29) is 15.6 Å². The molecule has 5 rings (SSSR count). The lowest BCUT2D eigenvalue weighted by atomic mass is 10.0. The number of fused-ring (bicyclic) bond motifs is 1. The van der Waals surface area contributed by atoms with Gasteiger partial charge in [0.1, 0.15) is 5.65 Å². The fraction of sp³-hybridized carbons (Fsp3) is 0.240. The molecule has 0 saturated carbocycles. The quantitative estimate of drug-likeness (QED) is 0.388. The molecule has 168 valence electrons. The fourth-order valence-corrected chi connectivity index (χ4v) is 5.40. The third-order valence-electron chi connectivity index (χ3n) is 6.07. The summed E-state index contributed by atoms with van der Waals surface area (Å²) in [5, 5.41) is 0. The highest BCUT2D eigenvalue weighted by atomic mass is 32.2. The first-order chi connectivity index (χ1) is 16.0. The van der Waals surface area contributed by atoms with Gasteiger partial charge in [0.05, 0.1) is 21.7 Å². The second-order valence-electron chi connectivity index (χ2n) is 8.25. The Balaban J connectivity index is 1.27. The molecule has 1 fully saturated rings. The zero-order valence-electron chi connectivity index (χ0n) is 18.1. The van der Waals surface area contributed by atoms with Crippen LogP contribution in [0.1, 0.15) is 35.2 Å². The minimum atomic E-state index is -3.66. The van der Waals surface area contributed by atoms with E-state index in [4.69, 9.17) is 0 Å². The lowest BCUT2D eigenvalue weighted by Gasteiger charge is -2.17. The van der Waals surface area contributed by atoms with Crippen molar-refractivity contribution in [2.45, 2.75) is 35.5 Å². The SMILES string of the molecule is O=C(CCc1ccc(S(=O)(=O)c2cncc(N3CCCC3)c2)cc1)c1ccc2nccn2c1. The van der Waals surface area contributed by atoms with Crippen molar-refractivity contribution in [2.75, 3.05) is 18.0 Å². The smallest absolute Gasteiger partial charge is 0.208 e. The number of aromatic nitrogens is 3. The van der Waals surface area contributed by atoms with Gasteiger partial charge in [0, 0.05) is 49.9 Å². The average Bonchev–Trinajstić information content (AvgIpc) is 3.55. The molecule has 4 heterocycles. The molecular formula is C25H24N4O3S. The van der Waals surface area contributed by atoms with Crippen molar-refractivity contribution >= 4 is 27.0 Å². The molecule has 33 heavy (non-hydrogen) atoms. The van der Waals surface area contributed by atoms with Crippen LogP contribution < -0.4 is 4.90 Å². The topological polar surface area (TPSA) is 84.6 Å². The van der Waals surface area contributed by atoms with Crippen LogP contribution in [0.3, 0.4) is 0 Å². The molecule has 1 aliphatic rings. The van der Waals surface area contributed by atoms with E-state index in [1.54, 1.807) is 55.0 Å². The normalized spacial score (nSPS) is 14.1. The van der Waals surface area contributed by atoms with Gasteiger partial charge in [0.2, 0.25) is 9.84 Å². The van der Waals surface area contributed by atoms with E-state index in [0.29, 0.717) is 18.4 Å². The fourth-order valence-electron chi connectivity index (χ4n) is 4.16. The molecule has 7 nitrogen and oxygen atoms in total. The molecule has 1 saturated heterocycles. The Morgan fingerprint density at radius 1 is 0.970 bits per heavy atom. The minimum absolute atomic E-state index is 0.0344. The number of imidazole rings is 1.